The van der Waals surface area contributed by atoms with E-state index in [4.69, 9.17) is 0 Å². The Morgan fingerprint density at radius 2 is 1.97 bits per heavy atom. The summed E-state index contributed by atoms with van der Waals surface area (Å²) in [6.07, 6.45) is -2.05. The molecule has 0 bridgehead atoms. The van der Waals surface area contributed by atoms with Gasteiger partial charge in [-0.2, -0.15) is 18.4 Å². The van der Waals surface area contributed by atoms with Crippen LogP contribution >= 0.6 is 11.3 Å². The molecule has 1 aliphatic heterocycles. The number of halogens is 3. The number of thiophene rings is 1. The van der Waals surface area contributed by atoms with E-state index >= 15 is 0 Å². The predicted molar refractivity (Wildman–Crippen MR) is 128 cm³/mol. The summed E-state index contributed by atoms with van der Waals surface area (Å²) < 4.78 is 40.0. The number of nitrogens with one attached hydrogen (secondary N) is 1. The number of anilines is 1. The van der Waals surface area contributed by atoms with Gasteiger partial charge in [0.1, 0.15) is 35.5 Å². The second kappa shape index (κ2) is 9.45. The molecule has 7 nitrogen and oxygen atoms in total. The van der Waals surface area contributed by atoms with Crippen molar-refractivity contribution in [1.82, 2.24) is 19.4 Å². The van der Waals surface area contributed by atoms with Crippen LogP contribution < -0.4 is 5.32 Å². The molecule has 4 aromatic rings. The number of benzene rings is 1. The van der Waals surface area contributed by atoms with Crippen LogP contribution in [0.3, 0.4) is 0 Å². The van der Waals surface area contributed by atoms with Gasteiger partial charge >= 0.3 is 6.18 Å². The van der Waals surface area contributed by atoms with Crippen LogP contribution in [0.1, 0.15) is 29.0 Å². The molecule has 2 N–H and O–H groups in total. The molecule has 1 aliphatic rings. The summed E-state index contributed by atoms with van der Waals surface area (Å²) >= 11 is 1.06. The van der Waals surface area contributed by atoms with Gasteiger partial charge in [-0.05, 0) is 42.7 Å². The van der Waals surface area contributed by atoms with E-state index in [0.29, 0.717) is 21.7 Å². The lowest BCUT2D eigenvalue weighted by molar-refractivity contribution is -0.126. The Balaban J connectivity index is 1.22. The van der Waals surface area contributed by atoms with Crippen LogP contribution in [-0.4, -0.2) is 49.8 Å². The Morgan fingerprint density at radius 3 is 2.69 bits per heavy atom. The lowest BCUT2D eigenvalue weighted by atomic mass is 10.0. The Hall–Kier alpha value is -3.20. The Kier molecular flexibility index (Phi) is 6.35. The van der Waals surface area contributed by atoms with Gasteiger partial charge in [0.25, 0.3) is 0 Å². The summed E-state index contributed by atoms with van der Waals surface area (Å²) in [6.45, 7) is 2.28. The number of nitrogens with zero attached hydrogens (tertiary/aromatic N) is 5. The first-order valence-electron chi connectivity index (χ1n) is 11.2. The van der Waals surface area contributed by atoms with Crippen LogP contribution in [0.15, 0.2) is 36.7 Å². The van der Waals surface area contributed by atoms with E-state index in [-0.39, 0.29) is 17.6 Å². The molecule has 1 fully saturated rings. The molecule has 1 aromatic carbocycles. The number of rotatable bonds is 6. The predicted octanol–water partition coefficient (Wildman–Crippen LogP) is 4.65. The molecule has 182 valence electrons. The van der Waals surface area contributed by atoms with Crippen molar-refractivity contribution in [2.45, 2.75) is 44.8 Å². The summed E-state index contributed by atoms with van der Waals surface area (Å²) in [5.74, 6) is 0.588. The smallest absolute Gasteiger partial charge is 0.376 e. The van der Waals surface area contributed by atoms with Crippen LogP contribution in [0.4, 0.5) is 19.0 Å². The fraction of sp³-hybridized carbons (Fsp3) is 0.375. The van der Waals surface area contributed by atoms with Gasteiger partial charge in [0.15, 0.2) is 0 Å². The van der Waals surface area contributed by atoms with E-state index in [0.717, 1.165) is 60.3 Å². The van der Waals surface area contributed by atoms with Crippen molar-refractivity contribution in [3.05, 3.63) is 52.8 Å². The maximum absolute atomic E-state index is 12.8. The highest BCUT2D eigenvalue weighted by molar-refractivity contribution is 7.18. The molecule has 4 heterocycles. The van der Waals surface area contributed by atoms with Crippen molar-refractivity contribution in [3.63, 3.8) is 0 Å². The zero-order valence-corrected chi connectivity index (χ0v) is 19.5. The summed E-state index contributed by atoms with van der Waals surface area (Å²) in [4.78, 5) is 11.6. The Bertz CT molecular complexity index is 1400. The first kappa shape index (κ1) is 23.5. The Labute approximate surface area is 203 Å². The molecule has 35 heavy (non-hydrogen) atoms. The molecule has 0 unspecified atom stereocenters. The maximum atomic E-state index is 12.8. The highest BCUT2D eigenvalue weighted by atomic mass is 32.1. The lowest BCUT2D eigenvalue weighted by Crippen LogP contribution is -2.38. The minimum absolute atomic E-state index is 0.176. The van der Waals surface area contributed by atoms with Gasteiger partial charge in [-0.1, -0.05) is 6.07 Å². The van der Waals surface area contributed by atoms with Gasteiger partial charge in [-0.15, -0.1) is 11.3 Å². The zero-order valence-electron chi connectivity index (χ0n) is 18.7. The minimum Gasteiger partial charge on any atom is -0.376 e. The number of aromatic nitrogens is 3. The van der Waals surface area contributed by atoms with Crippen LogP contribution in [0.25, 0.3) is 21.1 Å². The summed E-state index contributed by atoms with van der Waals surface area (Å²) in [6, 6.07) is 11.6. The highest BCUT2D eigenvalue weighted by Gasteiger charge is 2.29. The Morgan fingerprint density at radius 1 is 1.17 bits per heavy atom. The van der Waals surface area contributed by atoms with E-state index in [2.05, 4.69) is 32.3 Å². The van der Waals surface area contributed by atoms with Gasteiger partial charge in [0, 0.05) is 35.9 Å². The average molecular weight is 501 g/mol. The monoisotopic (exact) mass is 500 g/mol. The van der Waals surface area contributed by atoms with E-state index in [1.54, 1.807) is 16.7 Å². The highest BCUT2D eigenvalue weighted by Crippen LogP contribution is 2.33. The van der Waals surface area contributed by atoms with Crippen LogP contribution in [-0.2, 0) is 19.7 Å². The van der Waals surface area contributed by atoms with Crippen molar-refractivity contribution in [2.24, 2.45) is 0 Å². The molecule has 11 heteroatoms. The third kappa shape index (κ3) is 5.10. The van der Waals surface area contributed by atoms with Gasteiger partial charge in [-0.3, -0.25) is 4.90 Å². The SMILES string of the molecule is N#Cc1cc2cc(CN3CCC(Nc4ncnc5sc(CC(F)(F)F)cc45)CC3)ccc2n1CO. The van der Waals surface area contributed by atoms with Gasteiger partial charge in [0.05, 0.1) is 17.3 Å². The molecule has 1 saturated heterocycles. The van der Waals surface area contributed by atoms with E-state index in [1.807, 2.05) is 12.1 Å². The average Bonchev–Trinajstić information content (AvgIpc) is 3.39. The van der Waals surface area contributed by atoms with E-state index in [9.17, 15) is 23.5 Å². The molecule has 3 aromatic heterocycles. The maximum Gasteiger partial charge on any atom is 0.393 e. The van der Waals surface area contributed by atoms with Crippen molar-refractivity contribution in [3.8, 4) is 6.07 Å². The summed E-state index contributed by atoms with van der Waals surface area (Å²) in [5, 5.41) is 23.8. The third-order valence-corrected chi connectivity index (χ3v) is 7.35. The first-order valence-corrected chi connectivity index (χ1v) is 12.1. The van der Waals surface area contributed by atoms with Crippen molar-refractivity contribution < 1.29 is 18.3 Å². The number of alkyl halides is 3. The number of likely N-dealkylation sites (tertiary alicyclic amines) is 1. The number of hydrogen-bond donors (Lipinski definition) is 2. The molecular weight excluding hydrogens is 477 g/mol. The summed E-state index contributed by atoms with van der Waals surface area (Å²) in [7, 11) is 0. The minimum atomic E-state index is -4.25. The fourth-order valence-corrected chi connectivity index (χ4v) is 5.68. The standard InChI is InChI=1S/C24H23F3N6OS/c25-24(26,27)10-19-9-20-22(29-13-30-23(20)35-19)31-17-3-5-32(6-4-17)12-15-1-2-21-16(7-15)8-18(11-28)33(21)14-34/h1-2,7-9,13,17,34H,3-6,10,12,14H2,(H,29,30,31). The number of aliphatic hydroxyl groups is 1. The van der Waals surface area contributed by atoms with Gasteiger partial charge in [-0.25, -0.2) is 9.97 Å². The normalized spacial score (nSPS) is 15.6. The molecule has 0 atom stereocenters. The lowest BCUT2D eigenvalue weighted by Gasteiger charge is -2.32. The second-order valence-corrected chi connectivity index (χ2v) is 9.86. The molecule has 0 spiro atoms. The quantitative estimate of drug-likeness (QED) is 0.401. The topological polar surface area (TPSA) is 90.0 Å². The molecule has 0 aliphatic carbocycles. The van der Waals surface area contributed by atoms with Gasteiger partial charge in [0.2, 0.25) is 0 Å². The van der Waals surface area contributed by atoms with Crippen molar-refractivity contribution in [2.75, 3.05) is 18.4 Å². The largest absolute Gasteiger partial charge is 0.393 e. The number of piperidine rings is 1. The molecule has 5 rings (SSSR count). The number of hydrogen-bond acceptors (Lipinski definition) is 7. The van der Waals surface area contributed by atoms with E-state index < -0.39 is 12.6 Å². The second-order valence-electron chi connectivity index (χ2n) is 8.74. The third-order valence-electron chi connectivity index (χ3n) is 6.31. The number of aliphatic hydroxyl groups excluding tert-OH is 1. The van der Waals surface area contributed by atoms with Crippen molar-refractivity contribution in [1.29, 1.82) is 5.26 Å². The van der Waals surface area contributed by atoms with Gasteiger partial charge < -0.3 is 15.0 Å². The van der Waals surface area contributed by atoms with Crippen LogP contribution in [0, 0.1) is 11.3 Å². The van der Waals surface area contributed by atoms with E-state index in [1.165, 1.54) is 6.33 Å². The van der Waals surface area contributed by atoms with Crippen LogP contribution in [0.2, 0.25) is 0 Å². The molecular formula is C24H23F3N6OS. The molecule has 0 amide bonds. The summed E-state index contributed by atoms with van der Waals surface area (Å²) in [5.41, 5.74) is 2.40. The fourth-order valence-electron chi connectivity index (χ4n) is 4.66. The zero-order chi connectivity index (χ0) is 24.6. The van der Waals surface area contributed by atoms with Crippen LogP contribution in [0.5, 0.6) is 0 Å². The molecule has 0 saturated carbocycles. The number of nitriles is 1. The first-order chi connectivity index (χ1) is 16.8. The molecule has 0 radical (unpaired) electrons. The number of fused-ring (bicyclic) bond motifs is 2. The van der Waals surface area contributed by atoms with Crippen molar-refractivity contribution >= 4 is 38.3 Å².